The second-order valence-electron chi connectivity index (χ2n) is 8.19. The summed E-state index contributed by atoms with van der Waals surface area (Å²) in [5.74, 6) is 0.170. The number of benzene rings is 2. The Labute approximate surface area is 171 Å². The largest absolute Gasteiger partial charge is 0.489 e. The lowest BCUT2D eigenvalue weighted by molar-refractivity contribution is -0.155. The summed E-state index contributed by atoms with van der Waals surface area (Å²) in [5.41, 5.74) is 8.77. The van der Waals surface area contributed by atoms with E-state index < -0.39 is 11.6 Å². The topological polar surface area (TPSA) is 81.9 Å². The van der Waals surface area contributed by atoms with Gasteiger partial charge >= 0.3 is 5.97 Å². The SMILES string of the molecule is CC(C)(C)OC(=O)CN1CCc2cc(OCc3cccc(CN)c3)ccc2C1=O. The van der Waals surface area contributed by atoms with Crippen LogP contribution in [-0.4, -0.2) is 35.5 Å². The number of amides is 1. The van der Waals surface area contributed by atoms with Crippen molar-refractivity contribution in [2.75, 3.05) is 13.1 Å². The first kappa shape index (κ1) is 20.9. The highest BCUT2D eigenvalue weighted by Gasteiger charge is 2.28. The molecule has 1 amide bonds. The number of esters is 1. The standard InChI is InChI=1S/C23H28N2O4/c1-23(2,3)29-21(26)14-25-10-9-18-12-19(7-8-20(18)22(25)27)28-15-17-6-4-5-16(11-17)13-24/h4-8,11-12H,9-10,13-15,24H2,1-3H3. The van der Waals surface area contributed by atoms with Crippen LogP contribution in [0.4, 0.5) is 0 Å². The van der Waals surface area contributed by atoms with Gasteiger partial charge in [0.05, 0.1) is 0 Å². The van der Waals surface area contributed by atoms with Gasteiger partial charge in [-0.05, 0) is 62.1 Å². The zero-order valence-electron chi connectivity index (χ0n) is 17.2. The molecule has 1 aliphatic heterocycles. The molecule has 154 valence electrons. The number of carbonyl (C=O) groups excluding carboxylic acids is 2. The van der Waals surface area contributed by atoms with E-state index in [9.17, 15) is 9.59 Å². The third kappa shape index (κ3) is 5.57. The third-order valence-electron chi connectivity index (χ3n) is 4.62. The first-order valence-corrected chi connectivity index (χ1v) is 9.80. The van der Waals surface area contributed by atoms with Crippen molar-refractivity contribution in [3.05, 3.63) is 64.7 Å². The molecular formula is C23H28N2O4. The summed E-state index contributed by atoms with van der Waals surface area (Å²) in [6.45, 7) is 6.81. The Morgan fingerprint density at radius 3 is 2.62 bits per heavy atom. The molecule has 0 saturated heterocycles. The molecule has 1 aliphatic rings. The van der Waals surface area contributed by atoms with Crippen molar-refractivity contribution in [1.29, 1.82) is 0 Å². The predicted octanol–water partition coefficient (Wildman–Crippen LogP) is 3.06. The molecule has 0 radical (unpaired) electrons. The monoisotopic (exact) mass is 396 g/mol. The zero-order valence-corrected chi connectivity index (χ0v) is 17.2. The van der Waals surface area contributed by atoms with Gasteiger partial charge in [0.1, 0.15) is 24.5 Å². The summed E-state index contributed by atoms with van der Waals surface area (Å²) in [6, 6.07) is 13.4. The fourth-order valence-corrected chi connectivity index (χ4v) is 3.30. The Hall–Kier alpha value is -2.86. The highest BCUT2D eigenvalue weighted by molar-refractivity contribution is 5.98. The molecule has 0 unspecified atom stereocenters. The van der Waals surface area contributed by atoms with Crippen molar-refractivity contribution >= 4 is 11.9 Å². The highest BCUT2D eigenvalue weighted by atomic mass is 16.6. The Kier molecular flexibility index (Phi) is 6.23. The maximum Gasteiger partial charge on any atom is 0.326 e. The van der Waals surface area contributed by atoms with Crippen LogP contribution >= 0.6 is 0 Å². The molecule has 0 aliphatic carbocycles. The van der Waals surface area contributed by atoms with Crippen LogP contribution in [0, 0.1) is 0 Å². The fourth-order valence-electron chi connectivity index (χ4n) is 3.30. The maximum absolute atomic E-state index is 12.7. The lowest BCUT2D eigenvalue weighted by Crippen LogP contribution is -2.42. The summed E-state index contributed by atoms with van der Waals surface area (Å²) in [7, 11) is 0. The fraction of sp³-hybridized carbons (Fsp3) is 0.391. The first-order valence-electron chi connectivity index (χ1n) is 9.80. The third-order valence-corrected chi connectivity index (χ3v) is 4.62. The number of nitrogens with zero attached hydrogens (tertiary/aromatic N) is 1. The minimum absolute atomic E-state index is 0.0364. The Morgan fingerprint density at radius 2 is 1.90 bits per heavy atom. The van der Waals surface area contributed by atoms with Gasteiger partial charge in [0.2, 0.25) is 0 Å². The summed E-state index contributed by atoms with van der Waals surface area (Å²) < 4.78 is 11.2. The van der Waals surface area contributed by atoms with Crippen LogP contribution in [0.3, 0.4) is 0 Å². The molecule has 1 heterocycles. The molecule has 29 heavy (non-hydrogen) atoms. The van der Waals surface area contributed by atoms with Crippen molar-refractivity contribution in [3.8, 4) is 5.75 Å². The Morgan fingerprint density at radius 1 is 1.14 bits per heavy atom. The van der Waals surface area contributed by atoms with Crippen LogP contribution in [0.15, 0.2) is 42.5 Å². The summed E-state index contributed by atoms with van der Waals surface area (Å²) >= 11 is 0. The first-order chi connectivity index (χ1) is 13.7. The number of hydrogen-bond donors (Lipinski definition) is 1. The molecule has 2 N–H and O–H groups in total. The van der Waals surface area contributed by atoms with Crippen molar-refractivity contribution in [2.24, 2.45) is 5.73 Å². The Bertz CT molecular complexity index is 902. The molecule has 0 atom stereocenters. The van der Waals surface area contributed by atoms with Crippen LogP contribution < -0.4 is 10.5 Å². The minimum atomic E-state index is -0.566. The number of fused-ring (bicyclic) bond motifs is 1. The van der Waals surface area contributed by atoms with Crippen LogP contribution in [-0.2, 0) is 29.1 Å². The van der Waals surface area contributed by atoms with Gasteiger partial charge in [0, 0.05) is 18.7 Å². The number of hydrogen-bond acceptors (Lipinski definition) is 5. The lowest BCUT2D eigenvalue weighted by Gasteiger charge is -2.29. The van der Waals surface area contributed by atoms with Gasteiger partial charge in [-0.3, -0.25) is 9.59 Å². The van der Waals surface area contributed by atoms with Crippen LogP contribution in [0.25, 0.3) is 0 Å². The van der Waals surface area contributed by atoms with Crippen LogP contribution in [0.5, 0.6) is 5.75 Å². The summed E-state index contributed by atoms with van der Waals surface area (Å²) in [5, 5.41) is 0. The van der Waals surface area contributed by atoms with E-state index in [0.717, 1.165) is 22.4 Å². The predicted molar refractivity (Wildman–Crippen MR) is 111 cm³/mol. The summed E-state index contributed by atoms with van der Waals surface area (Å²) in [4.78, 5) is 26.3. The van der Waals surface area contributed by atoms with Gasteiger partial charge in [-0.25, -0.2) is 0 Å². The van der Waals surface area contributed by atoms with Gasteiger partial charge in [-0.15, -0.1) is 0 Å². The van der Waals surface area contributed by atoms with E-state index in [1.807, 2.05) is 51.1 Å². The molecule has 0 bridgehead atoms. The van der Waals surface area contributed by atoms with Crippen molar-refractivity contribution in [3.63, 3.8) is 0 Å². The molecule has 2 aromatic rings. The number of rotatable bonds is 6. The van der Waals surface area contributed by atoms with E-state index in [4.69, 9.17) is 15.2 Å². The van der Waals surface area contributed by atoms with E-state index in [2.05, 4.69) is 0 Å². The molecule has 2 aromatic carbocycles. The molecule has 3 rings (SSSR count). The van der Waals surface area contributed by atoms with E-state index >= 15 is 0 Å². The smallest absolute Gasteiger partial charge is 0.326 e. The van der Waals surface area contributed by atoms with Gasteiger partial charge in [-0.2, -0.15) is 0 Å². The van der Waals surface area contributed by atoms with Crippen molar-refractivity contribution in [1.82, 2.24) is 4.90 Å². The van der Waals surface area contributed by atoms with Crippen molar-refractivity contribution in [2.45, 2.75) is 45.9 Å². The van der Waals surface area contributed by atoms with Gasteiger partial charge in [0.15, 0.2) is 0 Å². The molecule has 0 saturated carbocycles. The average Bonchev–Trinajstić information content (AvgIpc) is 2.67. The molecule has 0 spiro atoms. The molecule has 0 aromatic heterocycles. The second kappa shape index (κ2) is 8.66. The number of carbonyl (C=O) groups is 2. The Balaban J connectivity index is 1.63. The van der Waals surface area contributed by atoms with E-state index in [-0.39, 0.29) is 12.5 Å². The minimum Gasteiger partial charge on any atom is -0.489 e. The van der Waals surface area contributed by atoms with Gasteiger partial charge < -0.3 is 20.1 Å². The van der Waals surface area contributed by atoms with Crippen molar-refractivity contribution < 1.29 is 19.1 Å². The quantitative estimate of drug-likeness (QED) is 0.759. The molecular weight excluding hydrogens is 368 g/mol. The molecule has 0 fully saturated rings. The van der Waals surface area contributed by atoms with Crippen LogP contribution in [0.1, 0.15) is 47.8 Å². The lowest BCUT2D eigenvalue weighted by atomic mass is 9.98. The highest BCUT2D eigenvalue weighted by Crippen LogP contribution is 2.25. The molecule has 6 heteroatoms. The van der Waals surface area contributed by atoms with Gasteiger partial charge in [0.25, 0.3) is 5.91 Å². The van der Waals surface area contributed by atoms with E-state index in [0.29, 0.717) is 31.7 Å². The zero-order chi connectivity index (χ0) is 21.0. The van der Waals surface area contributed by atoms with Crippen LogP contribution in [0.2, 0.25) is 0 Å². The summed E-state index contributed by atoms with van der Waals surface area (Å²) in [6.07, 6.45) is 0.670. The second-order valence-corrected chi connectivity index (χ2v) is 8.19. The normalized spacial score (nSPS) is 13.8. The number of ether oxygens (including phenoxy) is 2. The van der Waals surface area contributed by atoms with E-state index in [1.165, 1.54) is 4.90 Å². The average molecular weight is 396 g/mol. The van der Waals surface area contributed by atoms with E-state index in [1.54, 1.807) is 12.1 Å². The molecule has 6 nitrogen and oxygen atoms in total. The number of nitrogens with two attached hydrogens (primary N) is 1. The maximum atomic E-state index is 12.7. The van der Waals surface area contributed by atoms with Gasteiger partial charge in [-0.1, -0.05) is 24.3 Å².